The van der Waals surface area contributed by atoms with Crippen LogP contribution in [0.1, 0.15) is 11.1 Å². The summed E-state index contributed by atoms with van der Waals surface area (Å²) in [7, 11) is 3.11. The molecule has 2 heterocycles. The molecule has 1 amide bonds. The Kier molecular flexibility index (Phi) is 5.45. The first kappa shape index (κ1) is 20.0. The van der Waals surface area contributed by atoms with E-state index in [0.29, 0.717) is 28.0 Å². The molecule has 0 saturated carbocycles. The van der Waals surface area contributed by atoms with Crippen molar-refractivity contribution in [3.8, 4) is 11.5 Å². The maximum absolute atomic E-state index is 12.4. The third-order valence-corrected chi connectivity index (χ3v) is 5.47. The van der Waals surface area contributed by atoms with Crippen LogP contribution in [-0.2, 0) is 4.79 Å². The number of H-pyrrole nitrogens is 1. The number of aryl methyl sites for hydroxylation is 2. The minimum absolute atomic E-state index is 0.155. The fourth-order valence-corrected chi connectivity index (χ4v) is 3.97. The number of aromatic nitrogens is 4. The van der Waals surface area contributed by atoms with Crippen molar-refractivity contribution >= 4 is 45.4 Å². The van der Waals surface area contributed by atoms with Gasteiger partial charge in [0.15, 0.2) is 17.1 Å². The molecule has 0 aliphatic carbocycles. The van der Waals surface area contributed by atoms with Gasteiger partial charge in [-0.25, -0.2) is 4.98 Å². The summed E-state index contributed by atoms with van der Waals surface area (Å²) >= 11 is 1.23. The van der Waals surface area contributed by atoms with E-state index in [9.17, 15) is 4.79 Å². The van der Waals surface area contributed by atoms with Gasteiger partial charge in [0.2, 0.25) is 11.1 Å². The molecule has 0 aliphatic heterocycles. The van der Waals surface area contributed by atoms with Crippen molar-refractivity contribution in [1.29, 1.82) is 0 Å². The zero-order chi connectivity index (χ0) is 21.3. The number of hydrogen-bond donors (Lipinski definition) is 2. The second-order valence-corrected chi connectivity index (χ2v) is 7.77. The summed E-state index contributed by atoms with van der Waals surface area (Å²) < 4.78 is 10.5. The minimum Gasteiger partial charge on any atom is -0.493 e. The van der Waals surface area contributed by atoms with Gasteiger partial charge >= 0.3 is 0 Å². The lowest BCUT2D eigenvalue weighted by atomic mass is 10.1. The minimum atomic E-state index is -0.179. The number of rotatable bonds is 6. The highest BCUT2D eigenvalue weighted by atomic mass is 32.2. The van der Waals surface area contributed by atoms with Gasteiger partial charge in [-0.15, -0.1) is 10.2 Å². The molecule has 0 bridgehead atoms. The molecule has 0 radical (unpaired) electrons. The molecule has 8 nitrogen and oxygen atoms in total. The molecule has 2 aromatic carbocycles. The molecule has 0 atom stereocenters. The third-order valence-electron chi connectivity index (χ3n) is 4.64. The van der Waals surface area contributed by atoms with Crippen LogP contribution in [0.3, 0.4) is 0 Å². The summed E-state index contributed by atoms with van der Waals surface area (Å²) in [5, 5.41) is 12.7. The number of methoxy groups -OCH3 is 2. The lowest BCUT2D eigenvalue weighted by Crippen LogP contribution is -2.14. The second kappa shape index (κ2) is 8.19. The smallest absolute Gasteiger partial charge is 0.234 e. The number of aromatic amines is 1. The maximum Gasteiger partial charge on any atom is 0.234 e. The first-order chi connectivity index (χ1) is 14.5. The normalized spacial score (nSPS) is 11.1. The largest absolute Gasteiger partial charge is 0.493 e. The number of thioether (sulfide) groups is 1. The van der Waals surface area contributed by atoms with Crippen molar-refractivity contribution in [3.05, 3.63) is 41.5 Å². The molecule has 30 heavy (non-hydrogen) atoms. The number of anilines is 1. The van der Waals surface area contributed by atoms with Crippen LogP contribution in [0.25, 0.3) is 22.1 Å². The van der Waals surface area contributed by atoms with Crippen molar-refractivity contribution in [1.82, 2.24) is 20.2 Å². The van der Waals surface area contributed by atoms with E-state index in [1.54, 1.807) is 32.4 Å². The Morgan fingerprint density at radius 2 is 1.90 bits per heavy atom. The fraction of sp³-hybridized carbons (Fsp3) is 0.238. The molecule has 0 saturated heterocycles. The quantitative estimate of drug-likeness (QED) is 0.454. The number of carbonyl (C=O) groups excluding carboxylic acids is 1. The van der Waals surface area contributed by atoms with Crippen LogP contribution in [-0.4, -0.2) is 46.0 Å². The lowest BCUT2D eigenvalue weighted by Gasteiger charge is -2.10. The van der Waals surface area contributed by atoms with Crippen molar-refractivity contribution in [3.63, 3.8) is 0 Å². The number of nitrogens with one attached hydrogen (secondary N) is 2. The van der Waals surface area contributed by atoms with Crippen molar-refractivity contribution < 1.29 is 14.3 Å². The highest BCUT2D eigenvalue weighted by Crippen LogP contribution is 2.30. The van der Waals surface area contributed by atoms with Gasteiger partial charge in [-0.05, 0) is 43.2 Å². The van der Waals surface area contributed by atoms with Gasteiger partial charge in [-0.3, -0.25) is 4.79 Å². The van der Waals surface area contributed by atoms with E-state index in [2.05, 4.69) is 44.5 Å². The summed E-state index contributed by atoms with van der Waals surface area (Å²) in [5.41, 5.74) is 5.30. The van der Waals surface area contributed by atoms with Gasteiger partial charge in [-0.1, -0.05) is 17.8 Å². The molecule has 2 N–H and O–H groups in total. The highest BCUT2D eigenvalue weighted by molar-refractivity contribution is 7.99. The monoisotopic (exact) mass is 423 g/mol. The Morgan fingerprint density at radius 1 is 1.10 bits per heavy atom. The lowest BCUT2D eigenvalue weighted by molar-refractivity contribution is -0.113. The molecular weight excluding hydrogens is 402 g/mol. The van der Waals surface area contributed by atoms with Gasteiger partial charge in [0.05, 0.1) is 20.0 Å². The van der Waals surface area contributed by atoms with E-state index in [1.165, 1.54) is 17.3 Å². The SMILES string of the molecule is COc1ccc(NC(=O)CSc2nnc3[nH]c4cc(C)cc(C)c4c3n2)cc1OC. The van der Waals surface area contributed by atoms with Crippen LogP contribution in [0, 0.1) is 13.8 Å². The van der Waals surface area contributed by atoms with Gasteiger partial charge in [-0.2, -0.15) is 0 Å². The summed E-state index contributed by atoms with van der Waals surface area (Å²) in [4.78, 5) is 20.3. The van der Waals surface area contributed by atoms with E-state index in [-0.39, 0.29) is 11.7 Å². The van der Waals surface area contributed by atoms with Gasteiger partial charge < -0.3 is 19.8 Å². The number of fused-ring (bicyclic) bond motifs is 3. The molecular formula is C21H21N5O3S. The van der Waals surface area contributed by atoms with Gasteiger partial charge in [0.1, 0.15) is 5.52 Å². The number of benzene rings is 2. The average Bonchev–Trinajstić information content (AvgIpc) is 3.09. The second-order valence-electron chi connectivity index (χ2n) is 6.83. The van der Waals surface area contributed by atoms with E-state index in [0.717, 1.165) is 22.0 Å². The Bertz CT molecular complexity index is 1250. The van der Waals surface area contributed by atoms with Crippen LogP contribution in [0.5, 0.6) is 11.5 Å². The van der Waals surface area contributed by atoms with Crippen molar-refractivity contribution in [2.75, 3.05) is 25.3 Å². The predicted molar refractivity (Wildman–Crippen MR) is 118 cm³/mol. The maximum atomic E-state index is 12.4. The Morgan fingerprint density at radius 3 is 2.67 bits per heavy atom. The topological polar surface area (TPSA) is 102 Å². The first-order valence-corrected chi connectivity index (χ1v) is 10.2. The summed E-state index contributed by atoms with van der Waals surface area (Å²) in [6, 6.07) is 9.38. The van der Waals surface area contributed by atoms with E-state index >= 15 is 0 Å². The standard InChI is InChI=1S/C21H21N5O3S/c1-11-7-12(2)18-14(8-11)23-20-19(18)24-21(26-25-20)30-10-17(27)22-13-5-6-15(28-3)16(9-13)29-4/h5-9H,10H2,1-4H3,(H,22,27)(H,23,25). The van der Waals surface area contributed by atoms with Crippen molar-refractivity contribution in [2.45, 2.75) is 19.0 Å². The Balaban J connectivity index is 1.49. The molecule has 9 heteroatoms. The highest BCUT2D eigenvalue weighted by Gasteiger charge is 2.14. The van der Waals surface area contributed by atoms with E-state index in [1.807, 2.05) is 6.92 Å². The van der Waals surface area contributed by atoms with Crippen LogP contribution in [0.15, 0.2) is 35.5 Å². The molecule has 4 rings (SSSR count). The third kappa shape index (κ3) is 3.88. The number of nitrogens with zero attached hydrogens (tertiary/aromatic N) is 3. The predicted octanol–water partition coefficient (Wildman–Crippen LogP) is 3.87. The molecule has 2 aromatic heterocycles. The zero-order valence-electron chi connectivity index (χ0n) is 17.1. The summed E-state index contributed by atoms with van der Waals surface area (Å²) in [5.74, 6) is 1.12. The van der Waals surface area contributed by atoms with Crippen LogP contribution >= 0.6 is 11.8 Å². The zero-order valence-corrected chi connectivity index (χ0v) is 17.9. The average molecular weight is 423 g/mol. The van der Waals surface area contributed by atoms with E-state index < -0.39 is 0 Å². The van der Waals surface area contributed by atoms with E-state index in [4.69, 9.17) is 9.47 Å². The number of carbonyl (C=O) groups is 1. The van der Waals surface area contributed by atoms with Crippen LogP contribution in [0.2, 0.25) is 0 Å². The fourth-order valence-electron chi connectivity index (χ4n) is 3.38. The number of ether oxygens (including phenoxy) is 2. The first-order valence-electron chi connectivity index (χ1n) is 9.26. The molecule has 4 aromatic rings. The summed E-state index contributed by atoms with van der Waals surface area (Å²) in [6.45, 7) is 4.10. The molecule has 0 unspecified atom stereocenters. The van der Waals surface area contributed by atoms with Gasteiger partial charge in [0, 0.05) is 22.7 Å². The summed E-state index contributed by atoms with van der Waals surface area (Å²) in [6.07, 6.45) is 0. The van der Waals surface area contributed by atoms with Crippen molar-refractivity contribution in [2.24, 2.45) is 0 Å². The van der Waals surface area contributed by atoms with Crippen LogP contribution < -0.4 is 14.8 Å². The molecule has 0 aliphatic rings. The number of hydrogen-bond acceptors (Lipinski definition) is 7. The molecule has 154 valence electrons. The molecule has 0 spiro atoms. The Hall–Kier alpha value is -3.33. The van der Waals surface area contributed by atoms with Gasteiger partial charge in [0.25, 0.3) is 0 Å². The number of amides is 1. The molecule has 0 fully saturated rings. The van der Waals surface area contributed by atoms with Crippen LogP contribution in [0.4, 0.5) is 5.69 Å². The Labute approximate surface area is 177 Å².